The lowest BCUT2D eigenvalue weighted by atomic mass is 10.1. The van der Waals surface area contributed by atoms with Crippen LogP contribution in [0.5, 0.6) is 0 Å². The van der Waals surface area contributed by atoms with E-state index in [0.29, 0.717) is 19.0 Å². The van der Waals surface area contributed by atoms with Crippen LogP contribution in [0, 0.1) is 5.92 Å². The van der Waals surface area contributed by atoms with E-state index in [1.807, 2.05) is 0 Å². The predicted molar refractivity (Wildman–Crippen MR) is 35.3 cm³/mol. The number of nitrogens with zero attached hydrogens (tertiary/aromatic N) is 1. The van der Waals surface area contributed by atoms with Crippen LogP contribution in [0.25, 0.3) is 0 Å². The van der Waals surface area contributed by atoms with Crippen molar-refractivity contribution in [3.63, 3.8) is 0 Å². The molecule has 2 rings (SSSR count). The first kappa shape index (κ1) is 6.16. The van der Waals surface area contributed by atoms with Gasteiger partial charge in [0.05, 0.1) is 6.10 Å². The standard InChI is InChI=1S/C7H11NO2/c9-6-3-8(4-6)7(10)5-1-2-5/h5-6,9H,1-4H2. The SMILES string of the molecule is O=C(C1CC1)N1CC(O)C1. The summed E-state index contributed by atoms with van der Waals surface area (Å²) in [6.07, 6.45) is 1.87. The van der Waals surface area contributed by atoms with Crippen LogP contribution in [0.2, 0.25) is 0 Å². The van der Waals surface area contributed by atoms with E-state index in [1.54, 1.807) is 4.90 Å². The first-order valence-corrected chi connectivity index (χ1v) is 3.74. The normalized spacial score (nSPS) is 26.3. The number of hydrogen-bond donors (Lipinski definition) is 1. The molecule has 1 N–H and O–H groups in total. The van der Waals surface area contributed by atoms with E-state index in [4.69, 9.17) is 5.11 Å². The van der Waals surface area contributed by atoms with Gasteiger partial charge in [0.1, 0.15) is 0 Å². The van der Waals surface area contributed by atoms with Gasteiger partial charge in [-0.3, -0.25) is 4.79 Å². The third-order valence-corrected chi connectivity index (χ3v) is 2.10. The Morgan fingerprint density at radius 2 is 2.00 bits per heavy atom. The smallest absolute Gasteiger partial charge is 0.225 e. The molecule has 0 bridgehead atoms. The zero-order valence-electron chi connectivity index (χ0n) is 5.79. The van der Waals surface area contributed by atoms with Crippen molar-refractivity contribution in [1.29, 1.82) is 0 Å². The number of rotatable bonds is 1. The molecule has 0 aromatic rings. The minimum Gasteiger partial charge on any atom is -0.389 e. The van der Waals surface area contributed by atoms with Gasteiger partial charge >= 0.3 is 0 Å². The fourth-order valence-electron chi connectivity index (χ4n) is 1.22. The van der Waals surface area contributed by atoms with Gasteiger partial charge in [-0.05, 0) is 12.8 Å². The average Bonchev–Trinajstić information content (AvgIpc) is 2.60. The number of likely N-dealkylation sites (tertiary alicyclic amines) is 1. The number of aliphatic hydroxyl groups excluding tert-OH is 1. The van der Waals surface area contributed by atoms with Crippen molar-refractivity contribution >= 4 is 5.91 Å². The molecule has 0 spiro atoms. The maximum absolute atomic E-state index is 11.1. The average molecular weight is 141 g/mol. The van der Waals surface area contributed by atoms with Gasteiger partial charge in [-0.25, -0.2) is 0 Å². The van der Waals surface area contributed by atoms with Crippen molar-refractivity contribution in [3.8, 4) is 0 Å². The Balaban J connectivity index is 1.83. The van der Waals surface area contributed by atoms with Crippen molar-refractivity contribution in [2.24, 2.45) is 5.92 Å². The van der Waals surface area contributed by atoms with Crippen LogP contribution in [-0.2, 0) is 4.79 Å². The van der Waals surface area contributed by atoms with Gasteiger partial charge < -0.3 is 10.0 Å². The molecule has 0 aromatic carbocycles. The van der Waals surface area contributed by atoms with Crippen molar-refractivity contribution < 1.29 is 9.90 Å². The van der Waals surface area contributed by atoms with Crippen LogP contribution < -0.4 is 0 Å². The third kappa shape index (κ3) is 0.904. The van der Waals surface area contributed by atoms with E-state index in [1.165, 1.54) is 0 Å². The molecular formula is C7H11NO2. The molecule has 1 saturated carbocycles. The molecule has 1 heterocycles. The molecule has 2 fully saturated rings. The monoisotopic (exact) mass is 141 g/mol. The molecule has 3 heteroatoms. The zero-order chi connectivity index (χ0) is 7.14. The second kappa shape index (κ2) is 1.95. The maximum atomic E-state index is 11.1. The topological polar surface area (TPSA) is 40.5 Å². The van der Waals surface area contributed by atoms with Crippen molar-refractivity contribution in [2.75, 3.05) is 13.1 Å². The van der Waals surface area contributed by atoms with Gasteiger partial charge in [-0.15, -0.1) is 0 Å². The molecule has 3 nitrogen and oxygen atoms in total. The first-order valence-electron chi connectivity index (χ1n) is 3.74. The Kier molecular flexibility index (Phi) is 1.20. The number of carbonyl (C=O) groups excluding carboxylic acids is 1. The molecular weight excluding hydrogens is 130 g/mol. The minimum absolute atomic E-state index is 0.248. The summed E-state index contributed by atoms with van der Waals surface area (Å²) in [4.78, 5) is 12.9. The highest BCUT2D eigenvalue weighted by atomic mass is 16.3. The molecule has 0 radical (unpaired) electrons. The lowest BCUT2D eigenvalue weighted by Gasteiger charge is -2.35. The number of amides is 1. The molecule has 1 aliphatic carbocycles. The molecule has 1 aliphatic heterocycles. The van der Waals surface area contributed by atoms with Crippen LogP contribution in [-0.4, -0.2) is 35.1 Å². The summed E-state index contributed by atoms with van der Waals surface area (Å²) in [5, 5.41) is 8.88. The van der Waals surface area contributed by atoms with Gasteiger partial charge in [0.25, 0.3) is 0 Å². The summed E-state index contributed by atoms with van der Waals surface area (Å²) >= 11 is 0. The fourth-order valence-corrected chi connectivity index (χ4v) is 1.22. The highest BCUT2D eigenvalue weighted by molar-refractivity contribution is 5.81. The summed E-state index contributed by atoms with van der Waals surface area (Å²) in [5.74, 6) is 0.567. The van der Waals surface area contributed by atoms with Crippen LogP contribution in [0.15, 0.2) is 0 Å². The van der Waals surface area contributed by atoms with Crippen LogP contribution >= 0.6 is 0 Å². The molecule has 0 aromatic heterocycles. The number of β-amino-alcohol motifs (C(OH)–C–C–N with tert-alkyl or cyclic N) is 1. The number of hydrogen-bond acceptors (Lipinski definition) is 2. The second-order valence-corrected chi connectivity index (χ2v) is 3.17. The quantitative estimate of drug-likeness (QED) is 0.539. The molecule has 1 amide bonds. The van der Waals surface area contributed by atoms with E-state index in [-0.39, 0.29) is 12.0 Å². The Morgan fingerprint density at radius 1 is 1.40 bits per heavy atom. The summed E-state index contributed by atoms with van der Waals surface area (Å²) in [6, 6.07) is 0. The maximum Gasteiger partial charge on any atom is 0.225 e. The van der Waals surface area contributed by atoms with Crippen molar-refractivity contribution in [1.82, 2.24) is 4.90 Å². The van der Waals surface area contributed by atoms with E-state index >= 15 is 0 Å². The lowest BCUT2D eigenvalue weighted by molar-refractivity contribution is -0.142. The number of carbonyl (C=O) groups is 1. The second-order valence-electron chi connectivity index (χ2n) is 3.17. The first-order chi connectivity index (χ1) is 4.77. The molecule has 56 valence electrons. The largest absolute Gasteiger partial charge is 0.389 e. The molecule has 1 saturated heterocycles. The lowest BCUT2D eigenvalue weighted by Crippen LogP contribution is -2.54. The van der Waals surface area contributed by atoms with Gasteiger partial charge in [-0.2, -0.15) is 0 Å². The van der Waals surface area contributed by atoms with Crippen molar-refractivity contribution in [3.05, 3.63) is 0 Å². The molecule has 0 unspecified atom stereocenters. The van der Waals surface area contributed by atoms with Gasteiger partial charge in [0.15, 0.2) is 0 Å². The summed E-state index contributed by atoms with van der Waals surface area (Å²) in [5.41, 5.74) is 0. The molecule has 0 atom stereocenters. The van der Waals surface area contributed by atoms with E-state index in [0.717, 1.165) is 12.8 Å². The Bertz CT molecular complexity index is 159. The predicted octanol–water partition coefficient (Wildman–Crippen LogP) is -0.401. The fraction of sp³-hybridized carbons (Fsp3) is 0.857. The van der Waals surface area contributed by atoms with Gasteiger partial charge in [0, 0.05) is 19.0 Å². The summed E-state index contributed by atoms with van der Waals surface area (Å²) in [6.45, 7) is 1.13. The molecule has 2 aliphatic rings. The van der Waals surface area contributed by atoms with Gasteiger partial charge in [0.2, 0.25) is 5.91 Å². The molecule has 10 heavy (non-hydrogen) atoms. The van der Waals surface area contributed by atoms with Crippen LogP contribution in [0.4, 0.5) is 0 Å². The highest BCUT2D eigenvalue weighted by Gasteiger charge is 2.38. The van der Waals surface area contributed by atoms with Gasteiger partial charge in [-0.1, -0.05) is 0 Å². The highest BCUT2D eigenvalue weighted by Crippen LogP contribution is 2.32. The van der Waals surface area contributed by atoms with E-state index < -0.39 is 0 Å². The Morgan fingerprint density at radius 3 is 2.40 bits per heavy atom. The number of aliphatic hydroxyl groups is 1. The van der Waals surface area contributed by atoms with E-state index in [2.05, 4.69) is 0 Å². The zero-order valence-corrected chi connectivity index (χ0v) is 5.79. The summed E-state index contributed by atoms with van der Waals surface area (Å²) < 4.78 is 0. The van der Waals surface area contributed by atoms with Crippen LogP contribution in [0.3, 0.4) is 0 Å². The van der Waals surface area contributed by atoms with E-state index in [9.17, 15) is 4.79 Å². The van der Waals surface area contributed by atoms with Crippen LogP contribution in [0.1, 0.15) is 12.8 Å². The minimum atomic E-state index is -0.248. The van der Waals surface area contributed by atoms with Crippen molar-refractivity contribution in [2.45, 2.75) is 18.9 Å². The third-order valence-electron chi connectivity index (χ3n) is 2.10. The Hall–Kier alpha value is -0.570. The Labute approximate surface area is 59.6 Å². The summed E-state index contributed by atoms with van der Waals surface area (Å²) in [7, 11) is 0.